The highest BCUT2D eigenvalue weighted by molar-refractivity contribution is 7.89. The highest BCUT2D eigenvalue weighted by Crippen LogP contribution is 2.34. The first-order chi connectivity index (χ1) is 16.1. The number of benzene rings is 1. The highest BCUT2D eigenvalue weighted by atomic mass is 32.2. The summed E-state index contributed by atoms with van der Waals surface area (Å²) in [6.45, 7) is 3.88. The molecule has 2 aliphatic heterocycles. The summed E-state index contributed by atoms with van der Waals surface area (Å²) >= 11 is 0. The second-order valence-corrected chi connectivity index (χ2v) is 11.7. The van der Waals surface area contributed by atoms with Gasteiger partial charge >= 0.3 is 6.03 Å². The zero-order valence-corrected chi connectivity index (χ0v) is 20.7. The van der Waals surface area contributed by atoms with Gasteiger partial charge in [0.2, 0.25) is 15.9 Å². The van der Waals surface area contributed by atoms with Gasteiger partial charge in [0.15, 0.2) is 0 Å². The Labute approximate surface area is 201 Å². The topological polar surface area (TPSA) is 116 Å². The summed E-state index contributed by atoms with van der Waals surface area (Å²) in [7, 11) is -3.62. The first-order valence-corrected chi connectivity index (χ1v) is 13.7. The van der Waals surface area contributed by atoms with Crippen LogP contribution < -0.4 is 10.6 Å². The molecule has 1 aromatic carbocycles. The number of urea groups is 1. The average Bonchev–Trinajstić information content (AvgIpc) is 3.01. The zero-order chi connectivity index (χ0) is 24.5. The maximum absolute atomic E-state index is 13.1. The van der Waals surface area contributed by atoms with E-state index in [1.54, 1.807) is 16.4 Å². The first-order valence-electron chi connectivity index (χ1n) is 12.2. The van der Waals surface area contributed by atoms with Crippen LogP contribution in [0.1, 0.15) is 71.6 Å². The second kappa shape index (κ2) is 9.65. The predicted molar refractivity (Wildman–Crippen MR) is 128 cm³/mol. The number of carbonyl (C=O) groups is 3. The number of imide groups is 1. The van der Waals surface area contributed by atoms with Crippen molar-refractivity contribution in [3.63, 3.8) is 0 Å². The van der Waals surface area contributed by atoms with Crippen molar-refractivity contribution in [3.05, 3.63) is 24.3 Å². The maximum atomic E-state index is 13.1. The minimum Gasteiger partial charge on any atom is -0.326 e. The predicted octanol–water partition coefficient (Wildman–Crippen LogP) is 3.22. The number of rotatable bonds is 6. The molecule has 0 radical (unpaired) electrons. The number of sulfonamides is 1. The summed E-state index contributed by atoms with van der Waals surface area (Å²) in [5.74, 6) is -0.584. The Morgan fingerprint density at radius 3 is 2.26 bits per heavy atom. The van der Waals surface area contributed by atoms with Gasteiger partial charge in [-0.25, -0.2) is 13.2 Å². The third-order valence-electron chi connectivity index (χ3n) is 7.34. The van der Waals surface area contributed by atoms with Crippen molar-refractivity contribution in [1.29, 1.82) is 0 Å². The van der Waals surface area contributed by atoms with E-state index in [1.807, 2.05) is 13.8 Å². The Kier molecular flexibility index (Phi) is 7.00. The Bertz CT molecular complexity index is 1040. The number of nitrogens with one attached hydrogen (secondary N) is 2. The third-order valence-corrected chi connectivity index (χ3v) is 9.48. The van der Waals surface area contributed by atoms with E-state index < -0.39 is 21.6 Å². The van der Waals surface area contributed by atoms with Crippen LogP contribution in [0.3, 0.4) is 0 Å². The molecule has 1 spiro atoms. The van der Waals surface area contributed by atoms with Gasteiger partial charge in [-0.2, -0.15) is 4.31 Å². The highest BCUT2D eigenvalue weighted by Gasteiger charge is 2.51. The van der Waals surface area contributed by atoms with Gasteiger partial charge < -0.3 is 10.6 Å². The van der Waals surface area contributed by atoms with E-state index >= 15 is 0 Å². The van der Waals surface area contributed by atoms with E-state index in [1.165, 1.54) is 12.1 Å². The molecule has 4 amide bonds. The van der Waals surface area contributed by atoms with Crippen LogP contribution in [0.15, 0.2) is 29.2 Å². The Morgan fingerprint density at radius 1 is 1.03 bits per heavy atom. The Hall–Kier alpha value is -2.46. The summed E-state index contributed by atoms with van der Waals surface area (Å²) < 4.78 is 27.9. The molecule has 3 fully saturated rings. The molecule has 186 valence electrons. The van der Waals surface area contributed by atoms with Crippen molar-refractivity contribution in [2.45, 2.75) is 94.2 Å². The Morgan fingerprint density at radius 2 is 1.65 bits per heavy atom. The molecule has 2 heterocycles. The van der Waals surface area contributed by atoms with Gasteiger partial charge in [0.25, 0.3) is 5.91 Å². The lowest BCUT2D eigenvalue weighted by Crippen LogP contribution is -2.48. The second-order valence-electron chi connectivity index (χ2n) is 9.82. The van der Waals surface area contributed by atoms with E-state index in [-0.39, 0.29) is 41.8 Å². The van der Waals surface area contributed by atoms with Crippen LogP contribution in [0.25, 0.3) is 0 Å². The lowest BCUT2D eigenvalue weighted by atomic mass is 9.82. The molecule has 1 aromatic rings. The molecule has 3 aliphatic rings. The zero-order valence-electron chi connectivity index (χ0n) is 19.9. The molecule has 2 atom stereocenters. The van der Waals surface area contributed by atoms with Crippen LogP contribution in [0.4, 0.5) is 10.5 Å². The molecule has 2 saturated heterocycles. The number of hydrogen-bond acceptors (Lipinski definition) is 5. The van der Waals surface area contributed by atoms with Gasteiger partial charge in [-0.3, -0.25) is 14.5 Å². The number of amides is 4. The summed E-state index contributed by atoms with van der Waals surface area (Å²) in [5.41, 5.74) is -0.333. The normalized spacial score (nSPS) is 25.4. The standard InChI is InChI=1S/C24H34N4O5S/c1-17-7-6-8-18(2)28(17)34(32,33)20-11-9-19(10-12-20)25-21(29)13-16-27-22(30)24(26-23(27)31)14-4-3-5-15-24/h9-12,17-18H,3-8,13-16H2,1-2H3,(H,25,29)(H,26,31)/t17-,18-/m0/s1. The van der Waals surface area contributed by atoms with Crippen LogP contribution in [0.2, 0.25) is 0 Å². The fraction of sp³-hybridized carbons (Fsp3) is 0.625. The van der Waals surface area contributed by atoms with Crippen LogP contribution in [-0.4, -0.2) is 59.6 Å². The molecule has 34 heavy (non-hydrogen) atoms. The van der Waals surface area contributed by atoms with Crippen LogP contribution in [0.5, 0.6) is 0 Å². The van der Waals surface area contributed by atoms with Crippen LogP contribution >= 0.6 is 0 Å². The van der Waals surface area contributed by atoms with Crippen molar-refractivity contribution in [3.8, 4) is 0 Å². The van der Waals surface area contributed by atoms with Crippen molar-refractivity contribution in [2.24, 2.45) is 0 Å². The maximum Gasteiger partial charge on any atom is 0.325 e. The quantitative estimate of drug-likeness (QED) is 0.594. The molecule has 9 nitrogen and oxygen atoms in total. The van der Waals surface area contributed by atoms with Gasteiger partial charge in [0.05, 0.1) is 4.90 Å². The largest absolute Gasteiger partial charge is 0.326 e. The lowest BCUT2D eigenvalue weighted by Gasteiger charge is -2.37. The van der Waals surface area contributed by atoms with E-state index in [0.717, 1.165) is 43.4 Å². The van der Waals surface area contributed by atoms with Crippen LogP contribution in [-0.2, 0) is 19.6 Å². The molecular formula is C24H34N4O5S. The first kappa shape index (κ1) is 24.7. The molecular weight excluding hydrogens is 456 g/mol. The minimum absolute atomic E-state index is 0.00937. The molecule has 0 bridgehead atoms. The average molecular weight is 491 g/mol. The summed E-state index contributed by atoms with van der Waals surface area (Å²) in [6.07, 6.45) is 6.83. The molecule has 2 N–H and O–H groups in total. The summed E-state index contributed by atoms with van der Waals surface area (Å²) in [4.78, 5) is 39.0. The van der Waals surface area contributed by atoms with Gasteiger partial charge in [0.1, 0.15) is 5.54 Å². The SMILES string of the molecule is C[C@H]1CCC[C@H](C)N1S(=O)(=O)c1ccc(NC(=O)CCN2C(=O)NC3(CCCCC3)C2=O)cc1. The number of carbonyl (C=O) groups excluding carboxylic acids is 3. The monoisotopic (exact) mass is 490 g/mol. The van der Waals surface area contributed by atoms with Crippen LogP contribution in [0, 0.1) is 0 Å². The molecule has 1 saturated carbocycles. The number of piperidine rings is 1. The summed E-state index contributed by atoms with van der Waals surface area (Å²) in [5, 5.41) is 5.57. The van der Waals surface area contributed by atoms with E-state index in [9.17, 15) is 22.8 Å². The third kappa shape index (κ3) is 4.70. The van der Waals surface area contributed by atoms with Gasteiger partial charge in [0, 0.05) is 30.7 Å². The van der Waals surface area contributed by atoms with Gasteiger partial charge in [-0.15, -0.1) is 0 Å². The van der Waals surface area contributed by atoms with Crippen molar-refractivity contribution < 1.29 is 22.8 Å². The van der Waals surface area contributed by atoms with E-state index in [0.29, 0.717) is 18.5 Å². The van der Waals surface area contributed by atoms with Crippen molar-refractivity contribution in [1.82, 2.24) is 14.5 Å². The van der Waals surface area contributed by atoms with E-state index in [2.05, 4.69) is 10.6 Å². The molecule has 1 aliphatic carbocycles. The molecule has 4 rings (SSSR count). The van der Waals surface area contributed by atoms with E-state index in [4.69, 9.17) is 0 Å². The fourth-order valence-electron chi connectivity index (χ4n) is 5.51. The molecule has 10 heteroatoms. The van der Waals surface area contributed by atoms with Crippen molar-refractivity contribution >= 4 is 33.6 Å². The minimum atomic E-state index is -3.62. The fourth-order valence-corrected chi connectivity index (χ4v) is 7.40. The smallest absolute Gasteiger partial charge is 0.325 e. The number of nitrogens with zero attached hydrogens (tertiary/aromatic N) is 2. The lowest BCUT2D eigenvalue weighted by molar-refractivity contribution is -0.132. The van der Waals surface area contributed by atoms with Gasteiger partial charge in [-0.1, -0.05) is 25.7 Å². The van der Waals surface area contributed by atoms with Crippen molar-refractivity contribution in [2.75, 3.05) is 11.9 Å². The van der Waals surface area contributed by atoms with Gasteiger partial charge in [-0.05, 0) is 63.8 Å². The molecule has 0 unspecified atom stereocenters. The molecule has 0 aromatic heterocycles. The summed E-state index contributed by atoms with van der Waals surface area (Å²) in [6, 6.07) is 5.60. The number of hydrogen-bond donors (Lipinski definition) is 2. The Balaban J connectivity index is 1.34. The number of anilines is 1.